The highest BCUT2D eigenvalue weighted by atomic mass is 35.5. The average Bonchev–Trinajstić information content (AvgIpc) is 3.00. The highest BCUT2D eigenvalue weighted by Crippen LogP contribution is 2.39. The summed E-state index contributed by atoms with van der Waals surface area (Å²) >= 11 is 7.65. The fourth-order valence-electron chi connectivity index (χ4n) is 3.06. The largest absolute Gasteiger partial charge is 0.318 e. The fraction of sp³-hybridized carbons (Fsp3) is 0.316. The van der Waals surface area contributed by atoms with Gasteiger partial charge < -0.3 is 4.90 Å². The van der Waals surface area contributed by atoms with Crippen molar-refractivity contribution >= 4 is 44.7 Å². The monoisotopic (exact) mass is 408 g/mol. The molecule has 1 aliphatic heterocycles. The van der Waals surface area contributed by atoms with E-state index in [1.807, 2.05) is 42.6 Å². The van der Waals surface area contributed by atoms with E-state index in [9.17, 15) is 8.42 Å². The molecule has 0 bridgehead atoms. The number of hydrogen-bond acceptors (Lipinski definition) is 5. The molecule has 0 saturated carbocycles. The van der Waals surface area contributed by atoms with E-state index in [1.165, 1.54) is 23.2 Å². The summed E-state index contributed by atoms with van der Waals surface area (Å²) in [4.78, 5) is 8.01. The summed E-state index contributed by atoms with van der Waals surface area (Å²) in [6.07, 6.45) is 3.93. The number of rotatable bonds is 5. The molecule has 0 amide bonds. The molecule has 1 aliphatic rings. The summed E-state index contributed by atoms with van der Waals surface area (Å²) in [5.74, 6) is 0.0461. The third kappa shape index (κ3) is 4.19. The first-order chi connectivity index (χ1) is 12.3. The molecule has 1 unspecified atom stereocenters. The third-order valence-corrected chi connectivity index (χ3v) is 6.44. The summed E-state index contributed by atoms with van der Waals surface area (Å²) in [6.45, 7) is 4.21. The van der Waals surface area contributed by atoms with Crippen molar-refractivity contribution in [2.24, 2.45) is 4.99 Å². The Bertz CT molecular complexity index is 960. The van der Waals surface area contributed by atoms with E-state index in [2.05, 4.69) is 18.7 Å². The van der Waals surface area contributed by atoms with Gasteiger partial charge >= 0.3 is 0 Å². The van der Waals surface area contributed by atoms with E-state index in [0.717, 1.165) is 32.6 Å². The van der Waals surface area contributed by atoms with Crippen molar-refractivity contribution in [3.05, 3.63) is 62.4 Å². The maximum Gasteiger partial charge on any atom is 0.160 e. The molecule has 7 heteroatoms. The molecule has 0 spiro atoms. The number of hydrogen-bond donors (Lipinski definition) is 0. The molecule has 1 aromatic heterocycles. The molecule has 1 atom stereocenters. The van der Waals surface area contributed by atoms with Crippen LogP contribution in [0.25, 0.3) is 0 Å². The lowest BCUT2D eigenvalue weighted by Crippen LogP contribution is -2.29. The van der Waals surface area contributed by atoms with Gasteiger partial charge in [-0.05, 0) is 48.7 Å². The molecular formula is C19H21ClN2O2S2. The smallest absolute Gasteiger partial charge is 0.160 e. The maximum atomic E-state index is 11.5. The van der Waals surface area contributed by atoms with Crippen molar-refractivity contribution < 1.29 is 8.42 Å². The first kappa shape index (κ1) is 19.1. The van der Waals surface area contributed by atoms with Gasteiger partial charge in [-0.3, -0.25) is 4.99 Å². The maximum absolute atomic E-state index is 11.5. The van der Waals surface area contributed by atoms with Crippen LogP contribution in [0.15, 0.2) is 52.7 Å². The van der Waals surface area contributed by atoms with Crippen molar-refractivity contribution in [1.82, 2.24) is 0 Å². The molecule has 1 aromatic carbocycles. The zero-order valence-corrected chi connectivity index (χ0v) is 17.3. The Morgan fingerprint density at radius 2 is 1.88 bits per heavy atom. The molecule has 0 fully saturated rings. The number of aliphatic imine (C=N–C) groups is 1. The lowest BCUT2D eigenvalue weighted by Gasteiger charge is -2.35. The summed E-state index contributed by atoms with van der Waals surface area (Å²) in [6, 6.07) is 11.5. The standard InChI is InChI=1S/C19H21ClN2O2S2/c1-4-15-11-21-19(17-9-10-18(20)25-17)22(13(15)2)16-7-5-14(6-8-16)12-26(3,23)24/h5-11,19H,4,12H2,1-3H3. The predicted octanol–water partition coefficient (Wildman–Crippen LogP) is 5.22. The lowest BCUT2D eigenvalue weighted by molar-refractivity contribution is 0.601. The van der Waals surface area contributed by atoms with Gasteiger partial charge in [0.15, 0.2) is 16.0 Å². The van der Waals surface area contributed by atoms with Crippen LogP contribution in [0.5, 0.6) is 0 Å². The molecule has 26 heavy (non-hydrogen) atoms. The first-order valence-corrected chi connectivity index (χ1v) is 11.6. The number of benzene rings is 1. The molecule has 4 nitrogen and oxygen atoms in total. The summed E-state index contributed by atoms with van der Waals surface area (Å²) in [5, 5.41) is 0. The van der Waals surface area contributed by atoms with E-state index < -0.39 is 9.84 Å². The van der Waals surface area contributed by atoms with Crippen LogP contribution >= 0.6 is 22.9 Å². The number of anilines is 1. The topological polar surface area (TPSA) is 49.7 Å². The van der Waals surface area contributed by atoms with E-state index in [4.69, 9.17) is 16.6 Å². The first-order valence-electron chi connectivity index (χ1n) is 8.32. The summed E-state index contributed by atoms with van der Waals surface area (Å²) in [7, 11) is -3.05. The minimum atomic E-state index is -3.05. The van der Waals surface area contributed by atoms with Crippen LogP contribution in [0.4, 0.5) is 5.69 Å². The second-order valence-corrected chi connectivity index (χ2v) is 10.3. The minimum absolute atomic E-state index is 0.0461. The highest BCUT2D eigenvalue weighted by molar-refractivity contribution is 7.89. The Morgan fingerprint density at radius 1 is 1.19 bits per heavy atom. The van der Waals surface area contributed by atoms with E-state index >= 15 is 0 Å². The van der Waals surface area contributed by atoms with Crippen LogP contribution in [0, 0.1) is 0 Å². The summed E-state index contributed by atoms with van der Waals surface area (Å²) < 4.78 is 23.8. The van der Waals surface area contributed by atoms with E-state index in [1.54, 1.807) is 0 Å². The van der Waals surface area contributed by atoms with Crippen molar-refractivity contribution in [2.75, 3.05) is 11.2 Å². The molecule has 2 heterocycles. The van der Waals surface area contributed by atoms with Crippen LogP contribution in [-0.2, 0) is 15.6 Å². The molecular weight excluding hydrogens is 388 g/mol. The molecule has 0 N–H and O–H groups in total. The van der Waals surface area contributed by atoms with Gasteiger partial charge in [-0.1, -0.05) is 30.7 Å². The number of nitrogens with zero attached hydrogens (tertiary/aromatic N) is 2. The highest BCUT2D eigenvalue weighted by Gasteiger charge is 2.27. The zero-order valence-electron chi connectivity index (χ0n) is 14.9. The molecule has 0 saturated heterocycles. The third-order valence-electron chi connectivity index (χ3n) is 4.31. The van der Waals surface area contributed by atoms with Crippen LogP contribution in [0.2, 0.25) is 4.34 Å². The molecule has 3 rings (SSSR count). The Labute approximate surface area is 163 Å². The molecule has 0 aliphatic carbocycles. The average molecular weight is 409 g/mol. The van der Waals surface area contributed by atoms with Gasteiger partial charge in [0.05, 0.1) is 15.0 Å². The zero-order chi connectivity index (χ0) is 18.9. The van der Waals surface area contributed by atoms with E-state index in [-0.39, 0.29) is 11.9 Å². The van der Waals surface area contributed by atoms with Gasteiger partial charge in [-0.15, -0.1) is 11.3 Å². The number of allylic oxidation sites excluding steroid dienone is 2. The van der Waals surface area contributed by atoms with Crippen LogP contribution in [0.1, 0.15) is 36.9 Å². The summed E-state index contributed by atoms with van der Waals surface area (Å²) in [5.41, 5.74) is 4.10. The quantitative estimate of drug-likeness (QED) is 0.681. The lowest BCUT2D eigenvalue weighted by atomic mass is 10.1. The Balaban J connectivity index is 1.99. The number of sulfone groups is 1. The Morgan fingerprint density at radius 3 is 2.42 bits per heavy atom. The van der Waals surface area contributed by atoms with Gasteiger partial charge in [-0.25, -0.2) is 8.42 Å². The minimum Gasteiger partial charge on any atom is -0.318 e. The van der Waals surface area contributed by atoms with E-state index in [0.29, 0.717) is 0 Å². The molecule has 138 valence electrons. The number of thiophene rings is 1. The van der Waals surface area contributed by atoms with Crippen molar-refractivity contribution in [1.29, 1.82) is 0 Å². The van der Waals surface area contributed by atoms with Crippen molar-refractivity contribution in [3.8, 4) is 0 Å². The number of halogens is 1. The van der Waals surface area contributed by atoms with Gasteiger partial charge in [0.25, 0.3) is 0 Å². The predicted molar refractivity (Wildman–Crippen MR) is 111 cm³/mol. The van der Waals surface area contributed by atoms with Crippen LogP contribution in [0.3, 0.4) is 0 Å². The Hall–Kier alpha value is -1.63. The molecule has 2 aromatic rings. The SMILES string of the molecule is CCC1=C(C)N(c2ccc(CS(C)(=O)=O)cc2)C(c2ccc(Cl)s2)N=C1. The van der Waals surface area contributed by atoms with Gasteiger partial charge in [0.1, 0.15) is 0 Å². The second kappa shape index (κ2) is 7.55. The van der Waals surface area contributed by atoms with Gasteiger partial charge in [-0.2, -0.15) is 0 Å². The normalized spacial score (nSPS) is 17.8. The van der Waals surface area contributed by atoms with Gasteiger partial charge in [0.2, 0.25) is 0 Å². The van der Waals surface area contributed by atoms with Crippen molar-refractivity contribution in [3.63, 3.8) is 0 Å². The van der Waals surface area contributed by atoms with Gasteiger partial charge in [0, 0.05) is 23.9 Å². The fourth-order valence-corrected chi connectivity index (χ4v) is 4.96. The molecule has 0 radical (unpaired) electrons. The van der Waals surface area contributed by atoms with Crippen molar-refractivity contribution in [2.45, 2.75) is 32.2 Å². The van der Waals surface area contributed by atoms with Crippen LogP contribution < -0.4 is 4.90 Å². The van der Waals surface area contributed by atoms with Crippen LogP contribution in [-0.4, -0.2) is 20.9 Å². The second-order valence-electron chi connectivity index (χ2n) is 6.36. The Kier molecular flexibility index (Phi) is 5.55.